The van der Waals surface area contributed by atoms with E-state index in [1.807, 2.05) is 6.92 Å². The molecular weight excluding hydrogens is 489 g/mol. The van der Waals surface area contributed by atoms with Gasteiger partial charge in [0.15, 0.2) is 0 Å². The van der Waals surface area contributed by atoms with Gasteiger partial charge in [-0.3, -0.25) is 4.72 Å². The minimum atomic E-state index is -5.08. The summed E-state index contributed by atoms with van der Waals surface area (Å²) in [5, 5.41) is 16.8. The van der Waals surface area contributed by atoms with Gasteiger partial charge in [0.25, 0.3) is 10.0 Å². The molecule has 8 nitrogen and oxygen atoms in total. The lowest BCUT2D eigenvalue weighted by molar-refractivity contribution is -0.192. The highest BCUT2D eigenvalue weighted by Gasteiger charge is 2.38. The Kier molecular flexibility index (Phi) is 9.13. The van der Waals surface area contributed by atoms with Crippen LogP contribution in [0.2, 0.25) is 0 Å². The average molecular weight is 517 g/mol. The van der Waals surface area contributed by atoms with Crippen molar-refractivity contribution >= 4 is 33.3 Å². The van der Waals surface area contributed by atoms with Crippen LogP contribution in [0.15, 0.2) is 47.4 Å². The van der Waals surface area contributed by atoms with Gasteiger partial charge in [0.2, 0.25) is 0 Å². The Morgan fingerprint density at radius 3 is 2.06 bits per heavy atom. The molecule has 1 heterocycles. The third-order valence-corrected chi connectivity index (χ3v) is 6.89. The van der Waals surface area contributed by atoms with Crippen LogP contribution >= 0.6 is 0 Å². The average Bonchev–Trinajstić information content (AvgIpc) is 2.79. The number of aromatic carboxylic acids is 1. The van der Waals surface area contributed by atoms with Gasteiger partial charge in [0.05, 0.1) is 16.1 Å². The van der Waals surface area contributed by atoms with Crippen LogP contribution in [-0.2, 0) is 21.2 Å². The Labute approximate surface area is 201 Å². The second-order valence-corrected chi connectivity index (χ2v) is 9.79. The minimum Gasteiger partial charge on any atom is -0.478 e. The summed E-state index contributed by atoms with van der Waals surface area (Å²) in [6.07, 6.45) is -2.23. The predicted molar refractivity (Wildman–Crippen MR) is 124 cm³/mol. The molecule has 3 rings (SSSR count). The van der Waals surface area contributed by atoms with Crippen LogP contribution < -0.4 is 9.62 Å². The van der Waals surface area contributed by atoms with Crippen LogP contribution in [0.1, 0.15) is 42.6 Å². The molecule has 0 aliphatic carbocycles. The first-order valence-electron chi connectivity index (χ1n) is 10.8. The normalized spacial score (nSPS) is 14.6. The summed E-state index contributed by atoms with van der Waals surface area (Å²) in [7, 11) is -3.78. The van der Waals surface area contributed by atoms with Crippen molar-refractivity contribution in [2.75, 3.05) is 22.7 Å². The van der Waals surface area contributed by atoms with Crippen LogP contribution in [0.4, 0.5) is 24.5 Å². The van der Waals surface area contributed by atoms with E-state index in [0.717, 1.165) is 37.9 Å². The number of halogens is 3. The van der Waals surface area contributed by atoms with Crippen molar-refractivity contribution in [1.82, 2.24) is 0 Å². The summed E-state index contributed by atoms with van der Waals surface area (Å²) in [4.78, 5) is 22.9. The third kappa shape index (κ3) is 7.88. The van der Waals surface area contributed by atoms with Crippen molar-refractivity contribution < 1.29 is 41.4 Å². The van der Waals surface area contributed by atoms with Crippen LogP contribution in [0.3, 0.4) is 0 Å². The van der Waals surface area contributed by atoms with E-state index >= 15 is 0 Å². The Hall–Kier alpha value is -3.28. The predicted octanol–water partition coefficient (Wildman–Crippen LogP) is 4.62. The number of hydrogen-bond acceptors (Lipinski definition) is 5. The molecule has 0 unspecified atom stereocenters. The third-order valence-electron chi connectivity index (χ3n) is 5.49. The van der Waals surface area contributed by atoms with Gasteiger partial charge in [-0.05, 0) is 61.1 Å². The zero-order valence-electron chi connectivity index (χ0n) is 19.2. The summed E-state index contributed by atoms with van der Waals surface area (Å²) in [5.41, 5.74) is 2.03. The lowest BCUT2D eigenvalue weighted by Gasteiger charge is -2.33. The van der Waals surface area contributed by atoms with E-state index in [-0.39, 0.29) is 16.1 Å². The van der Waals surface area contributed by atoms with E-state index in [9.17, 15) is 31.5 Å². The van der Waals surface area contributed by atoms with Gasteiger partial charge in [0, 0.05) is 18.8 Å². The molecule has 0 aromatic heterocycles. The first-order chi connectivity index (χ1) is 16.2. The molecule has 3 N–H and O–H groups in total. The van der Waals surface area contributed by atoms with Crippen molar-refractivity contribution in [2.24, 2.45) is 5.92 Å². The van der Waals surface area contributed by atoms with Crippen LogP contribution in [0.5, 0.6) is 0 Å². The minimum absolute atomic E-state index is 0.107. The number of nitrogens with zero attached hydrogens (tertiary/aromatic N) is 1. The van der Waals surface area contributed by atoms with Gasteiger partial charge in [-0.15, -0.1) is 0 Å². The first-order valence-corrected chi connectivity index (χ1v) is 12.3. The number of carboxylic acid groups (broad SMARTS) is 2. The molecule has 2 aromatic carbocycles. The van der Waals surface area contributed by atoms with Crippen molar-refractivity contribution in [3.63, 3.8) is 0 Å². The topological polar surface area (TPSA) is 124 Å². The summed E-state index contributed by atoms with van der Waals surface area (Å²) in [6, 6.07) is 11.4. The fraction of sp³-hybridized carbons (Fsp3) is 0.391. The maximum atomic E-state index is 12.6. The summed E-state index contributed by atoms with van der Waals surface area (Å²) in [6.45, 7) is 5.80. The molecule has 0 atom stereocenters. The summed E-state index contributed by atoms with van der Waals surface area (Å²) >= 11 is 0. The Balaban J connectivity index is 0.000000540. The summed E-state index contributed by atoms with van der Waals surface area (Å²) in [5.74, 6) is -3.19. The van der Waals surface area contributed by atoms with Gasteiger partial charge < -0.3 is 15.1 Å². The number of hydrogen-bond donors (Lipinski definition) is 3. The molecule has 192 valence electrons. The molecule has 0 amide bonds. The van der Waals surface area contributed by atoms with E-state index in [4.69, 9.17) is 9.90 Å². The van der Waals surface area contributed by atoms with E-state index in [2.05, 4.69) is 16.5 Å². The molecule has 1 fully saturated rings. The molecular formula is C23H27F3N2O6S. The number of alkyl halides is 3. The number of piperidine rings is 1. The SMILES string of the molecule is CCc1ccc(S(=O)(=O)Nc2ccc(N3CCC(C)CC3)c(C(=O)O)c2)cc1.O=C(O)C(F)(F)F. The van der Waals surface area contributed by atoms with Crippen molar-refractivity contribution in [2.45, 2.75) is 44.2 Å². The van der Waals surface area contributed by atoms with Gasteiger partial charge in [0.1, 0.15) is 0 Å². The highest BCUT2D eigenvalue weighted by atomic mass is 32.2. The van der Waals surface area contributed by atoms with E-state index < -0.39 is 28.1 Å². The number of anilines is 2. The Bertz CT molecular complexity index is 1140. The number of aryl methyl sites for hydroxylation is 1. The van der Waals surface area contributed by atoms with Gasteiger partial charge in [-0.25, -0.2) is 18.0 Å². The van der Waals surface area contributed by atoms with Gasteiger partial charge in [-0.2, -0.15) is 13.2 Å². The van der Waals surface area contributed by atoms with Crippen molar-refractivity contribution in [3.8, 4) is 0 Å². The maximum absolute atomic E-state index is 12.6. The second-order valence-electron chi connectivity index (χ2n) is 8.11. The lowest BCUT2D eigenvalue weighted by Crippen LogP contribution is -2.33. The van der Waals surface area contributed by atoms with E-state index in [1.165, 1.54) is 6.07 Å². The monoisotopic (exact) mass is 516 g/mol. The molecule has 0 radical (unpaired) electrons. The molecule has 0 bridgehead atoms. The zero-order chi connectivity index (χ0) is 26.4. The summed E-state index contributed by atoms with van der Waals surface area (Å²) < 4.78 is 59.5. The van der Waals surface area contributed by atoms with Crippen LogP contribution in [0.25, 0.3) is 0 Å². The fourth-order valence-electron chi connectivity index (χ4n) is 3.41. The number of benzene rings is 2. The van der Waals surface area contributed by atoms with Gasteiger partial charge in [-0.1, -0.05) is 26.0 Å². The van der Waals surface area contributed by atoms with Crippen LogP contribution in [-0.4, -0.2) is 49.8 Å². The molecule has 0 spiro atoms. The number of aliphatic carboxylic acids is 1. The molecule has 1 saturated heterocycles. The molecule has 1 aliphatic heterocycles. The Morgan fingerprint density at radius 1 is 1.06 bits per heavy atom. The molecule has 35 heavy (non-hydrogen) atoms. The number of rotatable bonds is 6. The first kappa shape index (κ1) is 28.0. The van der Waals surface area contributed by atoms with Gasteiger partial charge >= 0.3 is 18.1 Å². The number of sulfonamides is 1. The molecule has 2 aromatic rings. The fourth-order valence-corrected chi connectivity index (χ4v) is 4.46. The largest absolute Gasteiger partial charge is 0.490 e. The molecule has 12 heteroatoms. The lowest BCUT2D eigenvalue weighted by atomic mass is 9.98. The quantitative estimate of drug-likeness (QED) is 0.512. The standard InChI is InChI=1S/C21H26N2O4S.C2HF3O2/c1-3-16-4-7-18(8-5-16)28(26,27)22-17-6-9-20(19(14-17)21(24)25)23-12-10-15(2)11-13-23;3-2(4,5)1(6)7/h4-9,14-15,22H,3,10-13H2,1-2H3,(H,24,25);(H,6,7). The molecule has 0 saturated carbocycles. The molecule has 1 aliphatic rings. The van der Waals surface area contributed by atoms with E-state index in [0.29, 0.717) is 11.6 Å². The van der Waals surface area contributed by atoms with Crippen molar-refractivity contribution in [3.05, 3.63) is 53.6 Å². The number of carbonyl (C=O) groups is 2. The number of carboxylic acids is 2. The van der Waals surface area contributed by atoms with E-state index in [1.54, 1.807) is 36.4 Å². The highest BCUT2D eigenvalue weighted by molar-refractivity contribution is 7.92. The zero-order valence-corrected chi connectivity index (χ0v) is 20.0. The second kappa shape index (κ2) is 11.4. The number of nitrogens with one attached hydrogen (secondary N) is 1. The highest BCUT2D eigenvalue weighted by Crippen LogP contribution is 2.29. The smallest absolute Gasteiger partial charge is 0.478 e. The Morgan fingerprint density at radius 2 is 1.60 bits per heavy atom. The van der Waals surface area contributed by atoms with Crippen molar-refractivity contribution in [1.29, 1.82) is 0 Å². The maximum Gasteiger partial charge on any atom is 0.490 e. The van der Waals surface area contributed by atoms with Crippen LogP contribution in [0, 0.1) is 5.92 Å².